The van der Waals surface area contributed by atoms with Crippen LogP contribution in [0.25, 0.3) is 11.3 Å². The number of carboxylic acid groups (broad SMARTS) is 2. The molecule has 9 nitrogen and oxygen atoms in total. The van der Waals surface area contributed by atoms with Gasteiger partial charge < -0.3 is 29.6 Å². The molecule has 0 amide bonds. The Kier molecular flexibility index (Phi) is 7.12. The number of rotatable bonds is 8. The third-order valence-corrected chi connectivity index (χ3v) is 7.14. The Morgan fingerprint density at radius 2 is 1.50 bits per heavy atom. The Balaban J connectivity index is 1.38. The molecule has 6 rings (SSSR count). The van der Waals surface area contributed by atoms with E-state index >= 15 is 0 Å². The minimum Gasteiger partial charge on any atom is -0.478 e. The summed E-state index contributed by atoms with van der Waals surface area (Å²) < 4.78 is 12.2. The lowest BCUT2D eigenvalue weighted by Crippen LogP contribution is -2.29. The minimum atomic E-state index is -1.24. The maximum absolute atomic E-state index is 11.7. The molecule has 3 N–H and O–H groups in total. The Morgan fingerprint density at radius 1 is 0.833 bits per heavy atom. The van der Waals surface area contributed by atoms with E-state index in [-0.39, 0.29) is 17.2 Å². The number of nitrogens with one attached hydrogen (secondary N) is 1. The number of ether oxygens (including phenoxy) is 1. The van der Waals surface area contributed by atoms with Gasteiger partial charge in [0, 0.05) is 17.4 Å². The molecule has 3 aromatic carbocycles. The summed E-state index contributed by atoms with van der Waals surface area (Å²) in [4.78, 5) is 29.8. The van der Waals surface area contributed by atoms with Crippen LogP contribution in [0.3, 0.4) is 0 Å². The van der Waals surface area contributed by atoms with Crippen LogP contribution in [0.2, 0.25) is 0 Å². The highest BCUT2D eigenvalue weighted by molar-refractivity contribution is 7.80. The molecule has 42 heavy (non-hydrogen) atoms. The molecule has 1 fully saturated rings. The summed E-state index contributed by atoms with van der Waals surface area (Å²) in [5, 5.41) is 22.9. The first kappa shape index (κ1) is 26.7. The number of benzene rings is 3. The summed E-state index contributed by atoms with van der Waals surface area (Å²) in [6.45, 7) is 0. The van der Waals surface area contributed by atoms with E-state index in [1.165, 1.54) is 12.1 Å². The summed E-state index contributed by atoms with van der Waals surface area (Å²) in [6.07, 6.45) is 1.70. The van der Waals surface area contributed by atoms with Crippen LogP contribution < -0.4 is 15.0 Å². The van der Waals surface area contributed by atoms with Crippen LogP contribution in [0, 0.1) is 0 Å². The first-order valence-corrected chi connectivity index (χ1v) is 13.3. The fraction of sp³-hybridized carbons (Fsp3) is 0.0625. The third kappa shape index (κ3) is 5.30. The van der Waals surface area contributed by atoms with Crippen molar-refractivity contribution in [3.63, 3.8) is 0 Å². The Bertz CT molecular complexity index is 1740. The van der Waals surface area contributed by atoms with Gasteiger partial charge in [-0.25, -0.2) is 9.59 Å². The smallest absolute Gasteiger partial charge is 0.335 e. The van der Waals surface area contributed by atoms with Crippen LogP contribution in [0.5, 0.6) is 11.5 Å². The first-order valence-electron chi connectivity index (χ1n) is 12.9. The highest BCUT2D eigenvalue weighted by Crippen LogP contribution is 2.43. The molecular weight excluding hydrogens is 554 g/mol. The van der Waals surface area contributed by atoms with E-state index in [0.717, 1.165) is 23.2 Å². The van der Waals surface area contributed by atoms with Crippen molar-refractivity contribution in [3.8, 4) is 22.8 Å². The lowest BCUT2D eigenvalue weighted by atomic mass is 10.0. The van der Waals surface area contributed by atoms with E-state index in [2.05, 4.69) is 10.3 Å². The number of anilines is 1. The summed E-state index contributed by atoms with van der Waals surface area (Å²) >= 11 is 5.79. The number of para-hydroxylation sites is 1. The molecular formula is C32H23N3O6S. The molecule has 0 aliphatic carbocycles. The lowest BCUT2D eigenvalue weighted by Gasteiger charge is -2.26. The second-order valence-electron chi connectivity index (χ2n) is 9.52. The van der Waals surface area contributed by atoms with Gasteiger partial charge in [0.05, 0.1) is 22.9 Å². The standard InChI is InChI=1S/C32H23N3O6S/c36-30(37)20-16-19(17-21(18-20)31(38)39)26-13-14-27(41-26)29-28(25-8-4-5-15-33-25)34-32(42)35(29)22-9-11-24(12-10-22)40-23-6-2-1-3-7-23/h1-18,28-29H,(H,34,42)(H,36,37)(H,38,39)/t28-,29-/m1/s1. The quantitative estimate of drug-likeness (QED) is 0.171. The highest BCUT2D eigenvalue weighted by atomic mass is 32.1. The first-order chi connectivity index (χ1) is 20.4. The van der Waals surface area contributed by atoms with Crippen molar-refractivity contribution in [3.05, 3.63) is 132 Å². The second-order valence-corrected chi connectivity index (χ2v) is 9.90. The predicted molar refractivity (Wildman–Crippen MR) is 159 cm³/mol. The van der Waals surface area contributed by atoms with Crippen LogP contribution >= 0.6 is 12.2 Å². The maximum Gasteiger partial charge on any atom is 0.335 e. The largest absolute Gasteiger partial charge is 0.478 e. The van der Waals surface area contributed by atoms with E-state index in [0.29, 0.717) is 27.9 Å². The zero-order valence-electron chi connectivity index (χ0n) is 21.9. The molecule has 208 valence electrons. The number of pyridine rings is 1. The average Bonchev–Trinajstić information content (AvgIpc) is 3.63. The minimum absolute atomic E-state index is 0.155. The average molecular weight is 578 g/mol. The summed E-state index contributed by atoms with van der Waals surface area (Å²) in [5.41, 5.74) is 1.55. The number of carboxylic acids is 2. The monoisotopic (exact) mass is 577 g/mol. The topological polar surface area (TPSA) is 125 Å². The summed E-state index contributed by atoms with van der Waals surface area (Å²) in [6, 6.07) is 29.1. The fourth-order valence-electron chi connectivity index (χ4n) is 4.91. The molecule has 0 spiro atoms. The number of thiocarbonyl (C=S) groups is 1. The lowest BCUT2D eigenvalue weighted by molar-refractivity contribution is 0.0696. The summed E-state index contributed by atoms with van der Waals surface area (Å²) in [7, 11) is 0. The number of aromatic nitrogens is 1. The Morgan fingerprint density at radius 3 is 2.14 bits per heavy atom. The number of hydrogen-bond donors (Lipinski definition) is 3. The van der Waals surface area contributed by atoms with E-state index in [4.69, 9.17) is 21.4 Å². The molecule has 2 atom stereocenters. The van der Waals surface area contributed by atoms with Crippen LogP contribution in [-0.2, 0) is 0 Å². The van der Waals surface area contributed by atoms with Crippen molar-refractivity contribution < 1.29 is 29.0 Å². The molecule has 0 saturated carbocycles. The van der Waals surface area contributed by atoms with Crippen LogP contribution in [-0.4, -0.2) is 32.2 Å². The van der Waals surface area contributed by atoms with Crippen molar-refractivity contribution in [2.24, 2.45) is 0 Å². The van der Waals surface area contributed by atoms with Gasteiger partial charge in [0.25, 0.3) is 0 Å². The van der Waals surface area contributed by atoms with Gasteiger partial charge in [0.2, 0.25) is 0 Å². The SMILES string of the molecule is O=C(O)c1cc(C(=O)O)cc(-c2ccc([C@@H]3[C@@H](c4ccccn4)NC(=S)N3c3ccc(Oc4ccccc4)cc3)o2)c1. The van der Waals surface area contributed by atoms with Gasteiger partial charge in [0.1, 0.15) is 29.1 Å². The molecule has 5 aromatic rings. The van der Waals surface area contributed by atoms with E-state index in [1.54, 1.807) is 18.3 Å². The number of aromatic carboxylic acids is 2. The van der Waals surface area contributed by atoms with Crippen molar-refractivity contribution >= 4 is 35.0 Å². The number of nitrogens with zero attached hydrogens (tertiary/aromatic N) is 2. The van der Waals surface area contributed by atoms with Crippen LogP contribution in [0.1, 0.15) is 44.3 Å². The molecule has 0 unspecified atom stereocenters. The normalized spacial score (nSPS) is 16.2. The zero-order chi connectivity index (χ0) is 29.2. The highest BCUT2D eigenvalue weighted by Gasteiger charge is 2.42. The predicted octanol–water partition coefficient (Wildman–Crippen LogP) is 6.71. The van der Waals surface area contributed by atoms with E-state index < -0.39 is 18.0 Å². The summed E-state index contributed by atoms with van der Waals surface area (Å²) in [5.74, 6) is -0.253. The van der Waals surface area contributed by atoms with Gasteiger partial charge in [-0.1, -0.05) is 24.3 Å². The number of carbonyl (C=O) groups is 2. The molecule has 3 heterocycles. The molecule has 1 aliphatic heterocycles. The van der Waals surface area contributed by atoms with Crippen LogP contribution in [0.4, 0.5) is 5.69 Å². The molecule has 1 saturated heterocycles. The van der Waals surface area contributed by atoms with E-state index in [9.17, 15) is 19.8 Å². The van der Waals surface area contributed by atoms with Crippen LogP contribution in [0.15, 0.2) is 114 Å². The van der Waals surface area contributed by atoms with Crippen molar-refractivity contribution in [1.82, 2.24) is 10.3 Å². The fourth-order valence-corrected chi connectivity index (χ4v) is 5.25. The molecule has 10 heteroatoms. The van der Waals surface area contributed by atoms with E-state index in [1.807, 2.05) is 77.7 Å². The van der Waals surface area contributed by atoms with Crippen molar-refractivity contribution in [2.75, 3.05) is 4.90 Å². The molecule has 1 aliphatic rings. The van der Waals surface area contributed by atoms with Gasteiger partial charge in [-0.05, 0) is 91.1 Å². The molecule has 0 radical (unpaired) electrons. The van der Waals surface area contributed by atoms with Gasteiger partial charge in [-0.2, -0.15) is 0 Å². The zero-order valence-corrected chi connectivity index (χ0v) is 22.7. The maximum atomic E-state index is 11.7. The third-order valence-electron chi connectivity index (χ3n) is 6.82. The second kappa shape index (κ2) is 11.2. The Labute approximate surface area is 245 Å². The number of hydrogen-bond acceptors (Lipinski definition) is 6. The molecule has 2 aromatic heterocycles. The van der Waals surface area contributed by atoms with Gasteiger partial charge in [0.15, 0.2) is 5.11 Å². The molecule has 0 bridgehead atoms. The Hall–Kier alpha value is -5.48. The van der Waals surface area contributed by atoms with Gasteiger partial charge in [-0.15, -0.1) is 0 Å². The van der Waals surface area contributed by atoms with Crippen molar-refractivity contribution in [2.45, 2.75) is 12.1 Å². The van der Waals surface area contributed by atoms with Gasteiger partial charge in [-0.3, -0.25) is 4.98 Å². The van der Waals surface area contributed by atoms with Crippen molar-refractivity contribution in [1.29, 1.82) is 0 Å². The van der Waals surface area contributed by atoms with Gasteiger partial charge >= 0.3 is 11.9 Å². The number of furan rings is 1.